The van der Waals surface area contributed by atoms with Crippen LogP contribution >= 0.6 is 0 Å². The van der Waals surface area contributed by atoms with E-state index < -0.39 is 0 Å². The zero-order valence-corrected chi connectivity index (χ0v) is 24.9. The van der Waals surface area contributed by atoms with Crippen molar-refractivity contribution in [3.05, 3.63) is 152 Å². The van der Waals surface area contributed by atoms with E-state index in [1.807, 2.05) is 24.3 Å². The third-order valence-corrected chi connectivity index (χ3v) is 10.2. The molecule has 0 spiro atoms. The molecule has 43 heavy (non-hydrogen) atoms. The molecule has 202 valence electrons. The maximum atomic E-state index is 5.12. The Morgan fingerprint density at radius 2 is 1.02 bits per heavy atom. The van der Waals surface area contributed by atoms with Gasteiger partial charge in [0.1, 0.15) is 0 Å². The minimum atomic E-state index is 0.135. The van der Waals surface area contributed by atoms with Crippen LogP contribution in [0.5, 0.6) is 0 Å². The number of nitrogens with zero attached hydrogens (tertiary/aromatic N) is 3. The van der Waals surface area contributed by atoms with Gasteiger partial charge in [-0.1, -0.05) is 12.1 Å². The fourth-order valence-corrected chi connectivity index (χ4v) is 7.89. The summed E-state index contributed by atoms with van der Waals surface area (Å²) in [6.45, 7) is 0. The Labute approximate surface area is 255 Å². The van der Waals surface area contributed by atoms with Crippen molar-refractivity contribution in [2.45, 2.75) is 0 Å². The van der Waals surface area contributed by atoms with Crippen molar-refractivity contribution in [3.8, 4) is 55.2 Å². The summed E-state index contributed by atoms with van der Waals surface area (Å²) in [6.07, 6.45) is 0. The zero-order chi connectivity index (χ0) is 28.6. The number of hydrogen-bond acceptors (Lipinski definition) is 3. The van der Waals surface area contributed by atoms with Gasteiger partial charge in [0.25, 0.3) is 0 Å². The van der Waals surface area contributed by atoms with Crippen molar-refractivity contribution in [2.24, 2.45) is 0 Å². The Morgan fingerprint density at radius 3 is 1.77 bits per heavy atom. The summed E-state index contributed by atoms with van der Waals surface area (Å²) in [4.78, 5) is 15.2. The van der Waals surface area contributed by atoms with E-state index in [2.05, 4.69) is 127 Å². The minimum absolute atomic E-state index is 0.135. The molecule has 0 aliphatic heterocycles. The Morgan fingerprint density at radius 1 is 0.419 bits per heavy atom. The van der Waals surface area contributed by atoms with Crippen LogP contribution < -0.4 is 0 Å². The maximum absolute atomic E-state index is 5.12. The second-order valence-corrected chi connectivity index (χ2v) is 12.6. The van der Waals surface area contributed by atoms with Crippen LogP contribution in [-0.2, 0) is 0 Å². The van der Waals surface area contributed by atoms with Gasteiger partial charge in [-0.3, -0.25) is 0 Å². The number of fused-ring (bicyclic) bond motifs is 3. The first kappa shape index (κ1) is 25.6. The standard InChI is InChI=1S/C39H25N3Se/c1-4-12-27(13-5-1)35-25-36(41-38(40-35)28-14-6-2-7-15-28)32-19-11-10-18-31(32)30-21-20-26-22-23-34-37(33(26)24-30)43-39(42-34)29-16-8-3-9-17-29/h1-25H. The van der Waals surface area contributed by atoms with Gasteiger partial charge in [-0.2, -0.15) is 0 Å². The molecule has 8 rings (SSSR count). The van der Waals surface area contributed by atoms with Gasteiger partial charge in [0.05, 0.1) is 0 Å². The number of benzene rings is 6. The molecule has 2 aromatic heterocycles. The summed E-state index contributed by atoms with van der Waals surface area (Å²) in [5.41, 5.74) is 9.57. The van der Waals surface area contributed by atoms with Gasteiger partial charge in [0.15, 0.2) is 0 Å². The van der Waals surface area contributed by atoms with E-state index in [1.54, 1.807) is 0 Å². The van der Waals surface area contributed by atoms with Crippen molar-refractivity contribution in [2.75, 3.05) is 0 Å². The monoisotopic (exact) mass is 615 g/mol. The van der Waals surface area contributed by atoms with E-state index in [0.717, 1.165) is 45.0 Å². The summed E-state index contributed by atoms with van der Waals surface area (Å²) < 4.78 is 2.53. The van der Waals surface area contributed by atoms with Crippen LogP contribution in [0.3, 0.4) is 0 Å². The Hall–Kier alpha value is -5.15. The van der Waals surface area contributed by atoms with Crippen LogP contribution in [0.2, 0.25) is 0 Å². The van der Waals surface area contributed by atoms with E-state index in [-0.39, 0.29) is 14.5 Å². The third-order valence-electron chi connectivity index (χ3n) is 7.73. The average molecular weight is 615 g/mol. The fourth-order valence-electron chi connectivity index (χ4n) is 5.59. The van der Waals surface area contributed by atoms with Crippen molar-refractivity contribution in [3.63, 3.8) is 0 Å². The molecule has 6 aromatic carbocycles. The summed E-state index contributed by atoms with van der Waals surface area (Å²) in [6, 6.07) is 52.9. The van der Waals surface area contributed by atoms with Crippen LogP contribution in [-0.4, -0.2) is 29.5 Å². The van der Waals surface area contributed by atoms with E-state index in [9.17, 15) is 0 Å². The molecule has 0 atom stereocenters. The molecule has 0 bridgehead atoms. The Balaban J connectivity index is 1.30. The molecule has 2 heterocycles. The molecule has 0 amide bonds. The van der Waals surface area contributed by atoms with Gasteiger partial charge < -0.3 is 0 Å². The van der Waals surface area contributed by atoms with Crippen LogP contribution in [0, 0.1) is 0 Å². The van der Waals surface area contributed by atoms with Crippen LogP contribution in [0.25, 0.3) is 75.7 Å². The molecule has 8 aromatic rings. The van der Waals surface area contributed by atoms with Gasteiger partial charge >= 0.3 is 245 Å². The molecule has 3 nitrogen and oxygen atoms in total. The van der Waals surface area contributed by atoms with Crippen LogP contribution in [0.4, 0.5) is 0 Å². The summed E-state index contributed by atoms with van der Waals surface area (Å²) >= 11 is 0.135. The van der Waals surface area contributed by atoms with Crippen molar-refractivity contribution >= 4 is 35.1 Å². The molecule has 0 fully saturated rings. The SMILES string of the molecule is c1ccc(-c2cc(-c3ccccc3-c3ccc4ccc5nc(-c6ccccc6)[se]c5c4c3)nc(-c3ccccc3)n2)cc1. The first-order chi connectivity index (χ1) is 21.3. The quantitative estimate of drug-likeness (QED) is 0.181. The number of hydrogen-bond donors (Lipinski definition) is 0. The molecule has 0 unspecified atom stereocenters. The van der Waals surface area contributed by atoms with Gasteiger partial charge in [-0.25, -0.2) is 0 Å². The van der Waals surface area contributed by atoms with Gasteiger partial charge in [0, 0.05) is 0 Å². The van der Waals surface area contributed by atoms with Crippen molar-refractivity contribution in [1.29, 1.82) is 0 Å². The topological polar surface area (TPSA) is 38.7 Å². The molecule has 0 N–H and O–H groups in total. The van der Waals surface area contributed by atoms with Crippen molar-refractivity contribution < 1.29 is 0 Å². The van der Waals surface area contributed by atoms with E-state index >= 15 is 0 Å². The van der Waals surface area contributed by atoms with Gasteiger partial charge in [-0.15, -0.1) is 0 Å². The first-order valence-corrected chi connectivity index (χ1v) is 16.0. The molecule has 0 radical (unpaired) electrons. The van der Waals surface area contributed by atoms with E-state index in [1.165, 1.54) is 30.7 Å². The molecule has 0 saturated heterocycles. The fraction of sp³-hybridized carbons (Fsp3) is 0. The molecule has 0 aliphatic carbocycles. The molecule has 0 saturated carbocycles. The zero-order valence-electron chi connectivity index (χ0n) is 23.2. The Kier molecular flexibility index (Phi) is 6.49. The summed E-state index contributed by atoms with van der Waals surface area (Å²) in [7, 11) is 0. The predicted octanol–water partition coefficient (Wildman–Crippen LogP) is 9.57. The first-order valence-electron chi connectivity index (χ1n) is 14.3. The normalized spacial score (nSPS) is 11.3. The van der Waals surface area contributed by atoms with Gasteiger partial charge in [0.2, 0.25) is 0 Å². The second kappa shape index (κ2) is 10.9. The third kappa shape index (κ3) is 4.87. The Bertz CT molecular complexity index is 2170. The van der Waals surface area contributed by atoms with Crippen molar-refractivity contribution in [1.82, 2.24) is 15.0 Å². The van der Waals surface area contributed by atoms with E-state index in [4.69, 9.17) is 15.0 Å². The van der Waals surface area contributed by atoms with Crippen LogP contribution in [0.15, 0.2) is 152 Å². The molecule has 4 heteroatoms. The van der Waals surface area contributed by atoms with Crippen LogP contribution in [0.1, 0.15) is 0 Å². The van der Waals surface area contributed by atoms with Gasteiger partial charge in [-0.05, 0) is 0 Å². The molecular formula is C39H25N3Se. The average Bonchev–Trinajstić information content (AvgIpc) is 3.54. The molecular weight excluding hydrogens is 589 g/mol. The number of aromatic nitrogens is 3. The number of rotatable bonds is 5. The predicted molar refractivity (Wildman–Crippen MR) is 179 cm³/mol. The van der Waals surface area contributed by atoms with E-state index in [0.29, 0.717) is 0 Å². The summed E-state index contributed by atoms with van der Waals surface area (Å²) in [5, 5.41) is 2.52. The summed E-state index contributed by atoms with van der Waals surface area (Å²) in [5.74, 6) is 0.719. The molecule has 0 aliphatic rings. The second-order valence-electron chi connectivity index (χ2n) is 10.5.